The molecule has 0 N–H and O–H groups in total. The molecule has 0 aromatic heterocycles. The van der Waals surface area contributed by atoms with Crippen molar-refractivity contribution in [3.63, 3.8) is 0 Å². The highest BCUT2D eigenvalue weighted by Crippen LogP contribution is 2.47. The molecule has 0 unspecified atom stereocenters. The zero-order chi connectivity index (χ0) is 22.7. The molecule has 6 aromatic carbocycles. The van der Waals surface area contributed by atoms with E-state index in [9.17, 15) is 0 Å². The molecule has 2 heteroatoms. The lowest BCUT2D eigenvalue weighted by molar-refractivity contribution is 0.478. The largest absolute Gasteiger partial charge is 0.457 e. The number of ether oxygens (including phenoxy) is 2. The van der Waals surface area contributed by atoms with Crippen LogP contribution < -0.4 is 9.47 Å². The SMILES string of the molecule is c1ccc(Oc2ccc3ccccc3c2-c2c(Oc3ccccc3)ccc3ccccc23)cc1. The lowest BCUT2D eigenvalue weighted by Gasteiger charge is -2.19. The predicted octanol–water partition coefficient (Wildman–Crippen LogP) is 9.24. The first kappa shape index (κ1) is 20.1. The first-order chi connectivity index (χ1) is 16.9. The lowest BCUT2D eigenvalue weighted by atomic mass is 9.92. The highest BCUT2D eigenvalue weighted by Gasteiger charge is 2.19. The van der Waals surface area contributed by atoms with Crippen molar-refractivity contribution in [2.75, 3.05) is 0 Å². The number of hydrogen-bond donors (Lipinski definition) is 0. The minimum atomic E-state index is 0.791. The predicted molar refractivity (Wildman–Crippen MR) is 140 cm³/mol. The Bertz CT molecular complexity index is 1470. The molecule has 2 nitrogen and oxygen atoms in total. The maximum Gasteiger partial charge on any atom is 0.136 e. The van der Waals surface area contributed by atoms with Crippen LogP contribution in [-0.2, 0) is 0 Å². The van der Waals surface area contributed by atoms with Gasteiger partial charge in [0, 0.05) is 11.1 Å². The van der Waals surface area contributed by atoms with Crippen molar-refractivity contribution in [3.05, 3.63) is 133 Å². The maximum atomic E-state index is 6.47. The summed E-state index contributed by atoms with van der Waals surface area (Å²) in [5, 5.41) is 4.53. The summed E-state index contributed by atoms with van der Waals surface area (Å²) in [6.45, 7) is 0. The van der Waals surface area contributed by atoms with Gasteiger partial charge in [-0.2, -0.15) is 0 Å². The molecule has 0 atom stereocenters. The molecule has 0 aliphatic heterocycles. The van der Waals surface area contributed by atoms with E-state index in [1.807, 2.05) is 60.7 Å². The van der Waals surface area contributed by atoms with Gasteiger partial charge in [0.1, 0.15) is 23.0 Å². The number of hydrogen-bond acceptors (Lipinski definition) is 2. The summed E-state index contributed by atoms with van der Waals surface area (Å²) in [5.74, 6) is 3.17. The van der Waals surface area contributed by atoms with Gasteiger partial charge in [0.05, 0.1) is 0 Å². The Hall–Kier alpha value is -4.56. The summed E-state index contributed by atoms with van der Waals surface area (Å²) in [7, 11) is 0. The van der Waals surface area contributed by atoms with E-state index in [1.165, 1.54) is 0 Å². The zero-order valence-corrected chi connectivity index (χ0v) is 18.5. The standard InChI is InChI=1S/C32H22O2/c1-3-13-25(14-4-1)33-29-21-19-23-11-7-9-17-27(23)31(29)32-28-18-10-8-12-24(28)20-22-30(32)34-26-15-5-2-6-16-26/h1-22H. The van der Waals surface area contributed by atoms with Gasteiger partial charge in [-0.25, -0.2) is 0 Å². The quantitative estimate of drug-likeness (QED) is 0.267. The highest BCUT2D eigenvalue weighted by atomic mass is 16.5. The van der Waals surface area contributed by atoms with Crippen LogP contribution in [0.15, 0.2) is 133 Å². The molecule has 0 saturated carbocycles. The van der Waals surface area contributed by atoms with Crippen molar-refractivity contribution >= 4 is 21.5 Å². The van der Waals surface area contributed by atoms with Crippen molar-refractivity contribution < 1.29 is 9.47 Å². The molecule has 0 amide bonds. The molecule has 0 spiro atoms. The van der Waals surface area contributed by atoms with Crippen LogP contribution in [0, 0.1) is 0 Å². The minimum Gasteiger partial charge on any atom is -0.457 e. The van der Waals surface area contributed by atoms with Gasteiger partial charge < -0.3 is 9.47 Å². The Morgan fingerprint density at radius 1 is 0.324 bits per heavy atom. The molecular weight excluding hydrogens is 416 g/mol. The van der Waals surface area contributed by atoms with Crippen molar-refractivity contribution in [1.82, 2.24) is 0 Å². The molecule has 0 saturated heterocycles. The van der Waals surface area contributed by atoms with Crippen molar-refractivity contribution in [2.45, 2.75) is 0 Å². The first-order valence-corrected chi connectivity index (χ1v) is 11.4. The van der Waals surface area contributed by atoms with Gasteiger partial charge in [-0.3, -0.25) is 0 Å². The van der Waals surface area contributed by atoms with E-state index in [1.54, 1.807) is 0 Å². The maximum absolute atomic E-state index is 6.47. The zero-order valence-electron chi connectivity index (χ0n) is 18.5. The van der Waals surface area contributed by atoms with Crippen molar-refractivity contribution in [2.24, 2.45) is 0 Å². The van der Waals surface area contributed by atoms with E-state index in [2.05, 4.69) is 72.8 Å². The molecule has 34 heavy (non-hydrogen) atoms. The van der Waals surface area contributed by atoms with Crippen LogP contribution >= 0.6 is 0 Å². The van der Waals surface area contributed by atoms with Gasteiger partial charge in [0.25, 0.3) is 0 Å². The van der Waals surface area contributed by atoms with E-state index in [4.69, 9.17) is 9.47 Å². The lowest BCUT2D eigenvalue weighted by Crippen LogP contribution is -1.95. The van der Waals surface area contributed by atoms with Crippen LogP contribution in [0.1, 0.15) is 0 Å². The Morgan fingerprint density at radius 3 is 1.15 bits per heavy atom. The van der Waals surface area contributed by atoms with Crippen LogP contribution in [0.3, 0.4) is 0 Å². The van der Waals surface area contributed by atoms with Crippen LogP contribution in [0.4, 0.5) is 0 Å². The second-order valence-electron chi connectivity index (χ2n) is 8.15. The normalized spacial score (nSPS) is 10.9. The van der Waals surface area contributed by atoms with Crippen LogP contribution in [0.2, 0.25) is 0 Å². The van der Waals surface area contributed by atoms with Gasteiger partial charge >= 0.3 is 0 Å². The van der Waals surface area contributed by atoms with Crippen molar-refractivity contribution in [1.29, 1.82) is 0 Å². The van der Waals surface area contributed by atoms with E-state index >= 15 is 0 Å². The Morgan fingerprint density at radius 2 is 0.706 bits per heavy atom. The average Bonchev–Trinajstić information content (AvgIpc) is 2.90. The number of fused-ring (bicyclic) bond motifs is 2. The summed E-state index contributed by atoms with van der Waals surface area (Å²) in [6, 6.07) is 45.0. The molecule has 0 heterocycles. The molecule has 162 valence electrons. The number of benzene rings is 6. The Kier molecular flexibility index (Phi) is 5.17. The van der Waals surface area contributed by atoms with E-state index < -0.39 is 0 Å². The monoisotopic (exact) mass is 438 g/mol. The van der Waals surface area contributed by atoms with Gasteiger partial charge in [-0.05, 0) is 57.9 Å². The van der Waals surface area contributed by atoms with Gasteiger partial charge in [-0.1, -0.05) is 97.1 Å². The molecule has 6 aromatic rings. The van der Waals surface area contributed by atoms with Crippen molar-refractivity contribution in [3.8, 4) is 34.1 Å². The highest BCUT2D eigenvalue weighted by molar-refractivity contribution is 6.09. The topological polar surface area (TPSA) is 18.5 Å². The van der Waals surface area contributed by atoms with Crippen LogP contribution in [0.5, 0.6) is 23.0 Å². The third-order valence-corrected chi connectivity index (χ3v) is 5.97. The molecule has 0 aliphatic rings. The smallest absolute Gasteiger partial charge is 0.136 e. The Balaban J connectivity index is 1.66. The van der Waals surface area contributed by atoms with Crippen LogP contribution in [-0.4, -0.2) is 0 Å². The second-order valence-corrected chi connectivity index (χ2v) is 8.15. The third-order valence-electron chi connectivity index (χ3n) is 5.97. The van der Waals surface area contributed by atoms with Gasteiger partial charge in [-0.15, -0.1) is 0 Å². The summed E-state index contributed by atoms with van der Waals surface area (Å²) < 4.78 is 12.9. The Labute approximate surface area is 198 Å². The molecule has 6 rings (SSSR count). The number of rotatable bonds is 5. The molecule has 0 fully saturated rings. The molecule has 0 radical (unpaired) electrons. The average molecular weight is 439 g/mol. The molecule has 0 bridgehead atoms. The minimum absolute atomic E-state index is 0.791. The summed E-state index contributed by atoms with van der Waals surface area (Å²) in [6.07, 6.45) is 0. The van der Waals surface area contributed by atoms with E-state index in [-0.39, 0.29) is 0 Å². The van der Waals surface area contributed by atoms with Gasteiger partial charge in [0.15, 0.2) is 0 Å². The molecule has 0 aliphatic carbocycles. The van der Waals surface area contributed by atoms with E-state index in [0.29, 0.717) is 0 Å². The fourth-order valence-corrected chi connectivity index (χ4v) is 4.42. The summed E-state index contributed by atoms with van der Waals surface area (Å²) >= 11 is 0. The van der Waals surface area contributed by atoms with Gasteiger partial charge in [0.2, 0.25) is 0 Å². The second kappa shape index (κ2) is 8.76. The van der Waals surface area contributed by atoms with Crippen LogP contribution in [0.25, 0.3) is 32.7 Å². The first-order valence-electron chi connectivity index (χ1n) is 11.4. The number of para-hydroxylation sites is 2. The summed E-state index contributed by atoms with van der Waals surface area (Å²) in [5.41, 5.74) is 2.04. The fourth-order valence-electron chi connectivity index (χ4n) is 4.42. The van der Waals surface area contributed by atoms with E-state index in [0.717, 1.165) is 55.7 Å². The third kappa shape index (κ3) is 3.76. The molecular formula is C32H22O2. The fraction of sp³-hybridized carbons (Fsp3) is 0. The summed E-state index contributed by atoms with van der Waals surface area (Å²) in [4.78, 5) is 0.